The van der Waals surface area contributed by atoms with Crippen LogP contribution >= 0.6 is 0 Å². The number of aliphatic hydroxyl groups excluding tert-OH is 1. The smallest absolute Gasteiger partial charge is 0.224 e. The third-order valence-corrected chi connectivity index (χ3v) is 3.52. The lowest BCUT2D eigenvalue weighted by Crippen LogP contribution is -2.49. The minimum Gasteiger partial charge on any atom is -0.497 e. The fraction of sp³-hybridized carbons (Fsp3) is 0.533. The maximum atomic E-state index is 12.1. The molecular weight excluding hydrogens is 274 g/mol. The van der Waals surface area contributed by atoms with Gasteiger partial charge in [0.25, 0.3) is 0 Å². The van der Waals surface area contributed by atoms with Crippen molar-refractivity contribution in [3.8, 4) is 11.5 Å². The van der Waals surface area contributed by atoms with Crippen molar-refractivity contribution in [2.24, 2.45) is 0 Å². The van der Waals surface area contributed by atoms with Crippen molar-refractivity contribution in [2.75, 3.05) is 27.4 Å². The van der Waals surface area contributed by atoms with Gasteiger partial charge in [0.1, 0.15) is 11.5 Å². The number of carbonyl (C=O) groups excluding carboxylic acids is 1. The Hall–Kier alpha value is -1.79. The molecule has 2 atom stereocenters. The predicted molar refractivity (Wildman–Crippen MR) is 76.6 cm³/mol. The number of carbonyl (C=O) groups is 1. The van der Waals surface area contributed by atoms with E-state index in [1.807, 2.05) is 0 Å². The van der Waals surface area contributed by atoms with Crippen molar-refractivity contribution in [3.05, 3.63) is 23.8 Å². The van der Waals surface area contributed by atoms with Crippen LogP contribution in [-0.4, -0.2) is 50.6 Å². The molecule has 1 aliphatic heterocycles. The zero-order valence-corrected chi connectivity index (χ0v) is 12.3. The lowest BCUT2D eigenvalue weighted by molar-refractivity contribution is -0.123. The highest BCUT2D eigenvalue weighted by atomic mass is 16.5. The summed E-state index contributed by atoms with van der Waals surface area (Å²) in [6.07, 6.45) is 0.157. The van der Waals surface area contributed by atoms with Crippen LogP contribution in [-0.2, 0) is 16.0 Å². The predicted octanol–water partition coefficient (Wildman–Crippen LogP) is 0.512. The van der Waals surface area contributed by atoms with E-state index in [0.717, 1.165) is 5.56 Å². The van der Waals surface area contributed by atoms with Crippen LogP contribution in [0, 0.1) is 0 Å². The summed E-state index contributed by atoms with van der Waals surface area (Å²) in [5, 5.41) is 12.6. The first-order valence-electron chi connectivity index (χ1n) is 6.90. The first-order chi connectivity index (χ1) is 10.1. The van der Waals surface area contributed by atoms with Crippen molar-refractivity contribution in [1.29, 1.82) is 0 Å². The zero-order valence-electron chi connectivity index (χ0n) is 12.3. The van der Waals surface area contributed by atoms with Gasteiger partial charge in [0.05, 0.1) is 39.4 Å². The third kappa shape index (κ3) is 4.09. The first-order valence-corrected chi connectivity index (χ1v) is 6.90. The standard InChI is InChI=1S/C15H21NO5/c1-19-11-4-3-10(14(8-11)20-2)7-15(18)16-12-5-6-21-9-13(12)17/h3-4,8,12-13,17H,5-7,9H2,1-2H3,(H,16,18)/t12-,13-/m1/s1. The van der Waals surface area contributed by atoms with Crippen molar-refractivity contribution in [3.63, 3.8) is 0 Å². The molecule has 0 radical (unpaired) electrons. The fourth-order valence-electron chi connectivity index (χ4n) is 2.32. The topological polar surface area (TPSA) is 77.0 Å². The van der Waals surface area contributed by atoms with E-state index in [-0.39, 0.29) is 25.0 Å². The van der Waals surface area contributed by atoms with Gasteiger partial charge in [-0.25, -0.2) is 0 Å². The van der Waals surface area contributed by atoms with Crippen LogP contribution in [0.25, 0.3) is 0 Å². The summed E-state index contributed by atoms with van der Waals surface area (Å²) in [5.74, 6) is 1.14. The Morgan fingerprint density at radius 3 is 2.90 bits per heavy atom. The monoisotopic (exact) mass is 295 g/mol. The van der Waals surface area contributed by atoms with Crippen LogP contribution in [0.4, 0.5) is 0 Å². The average Bonchev–Trinajstić information content (AvgIpc) is 2.50. The summed E-state index contributed by atoms with van der Waals surface area (Å²) in [5.41, 5.74) is 0.775. The summed E-state index contributed by atoms with van der Waals surface area (Å²) in [7, 11) is 3.13. The minimum absolute atomic E-state index is 0.149. The van der Waals surface area contributed by atoms with Gasteiger partial charge in [-0.15, -0.1) is 0 Å². The SMILES string of the molecule is COc1ccc(CC(=O)N[C@@H]2CCOC[C@H]2O)c(OC)c1. The number of hydrogen-bond donors (Lipinski definition) is 2. The van der Waals surface area contributed by atoms with Gasteiger partial charge < -0.3 is 24.6 Å². The normalized spacial score (nSPS) is 21.7. The van der Waals surface area contributed by atoms with Crippen LogP contribution in [0.15, 0.2) is 18.2 Å². The number of ether oxygens (including phenoxy) is 3. The Morgan fingerprint density at radius 2 is 2.24 bits per heavy atom. The Labute approximate surface area is 124 Å². The molecule has 1 aromatic rings. The lowest BCUT2D eigenvalue weighted by atomic mass is 10.0. The largest absolute Gasteiger partial charge is 0.497 e. The molecule has 0 aromatic heterocycles. The van der Waals surface area contributed by atoms with E-state index in [1.165, 1.54) is 0 Å². The maximum absolute atomic E-state index is 12.1. The van der Waals surface area contributed by atoms with E-state index >= 15 is 0 Å². The number of amides is 1. The Balaban J connectivity index is 1.98. The quantitative estimate of drug-likeness (QED) is 0.828. The van der Waals surface area contributed by atoms with E-state index in [9.17, 15) is 9.90 Å². The van der Waals surface area contributed by atoms with E-state index in [0.29, 0.717) is 24.5 Å². The molecule has 0 aliphatic carbocycles. The van der Waals surface area contributed by atoms with Crippen LogP contribution < -0.4 is 14.8 Å². The molecule has 2 N–H and O–H groups in total. The summed E-state index contributed by atoms with van der Waals surface area (Å²) < 4.78 is 15.5. The minimum atomic E-state index is -0.652. The molecule has 0 spiro atoms. The second-order valence-corrected chi connectivity index (χ2v) is 4.96. The molecule has 1 aliphatic rings. The van der Waals surface area contributed by atoms with E-state index < -0.39 is 6.10 Å². The van der Waals surface area contributed by atoms with Crippen LogP contribution in [0.5, 0.6) is 11.5 Å². The Kier molecular flexibility index (Phi) is 5.41. The van der Waals surface area contributed by atoms with Crippen molar-refractivity contribution >= 4 is 5.91 Å². The van der Waals surface area contributed by atoms with E-state index in [4.69, 9.17) is 14.2 Å². The zero-order chi connectivity index (χ0) is 15.2. The molecule has 1 amide bonds. The van der Waals surface area contributed by atoms with Crippen molar-refractivity contribution in [2.45, 2.75) is 25.0 Å². The molecule has 116 valence electrons. The van der Waals surface area contributed by atoms with Gasteiger partial charge in [0.15, 0.2) is 0 Å². The molecule has 0 unspecified atom stereocenters. The molecule has 0 saturated carbocycles. The number of hydrogen-bond acceptors (Lipinski definition) is 5. The maximum Gasteiger partial charge on any atom is 0.224 e. The van der Waals surface area contributed by atoms with Crippen LogP contribution in [0.2, 0.25) is 0 Å². The highest BCUT2D eigenvalue weighted by Crippen LogP contribution is 2.25. The highest BCUT2D eigenvalue weighted by molar-refractivity contribution is 5.79. The summed E-state index contributed by atoms with van der Waals surface area (Å²) in [6, 6.07) is 5.08. The van der Waals surface area contributed by atoms with Gasteiger partial charge in [0.2, 0.25) is 5.91 Å². The van der Waals surface area contributed by atoms with E-state index in [2.05, 4.69) is 5.32 Å². The fourth-order valence-corrected chi connectivity index (χ4v) is 2.32. The van der Waals surface area contributed by atoms with Gasteiger partial charge in [-0.2, -0.15) is 0 Å². The molecule has 1 heterocycles. The Morgan fingerprint density at radius 1 is 1.43 bits per heavy atom. The van der Waals surface area contributed by atoms with Gasteiger partial charge in [-0.1, -0.05) is 6.07 Å². The van der Waals surface area contributed by atoms with Gasteiger partial charge in [-0.3, -0.25) is 4.79 Å². The number of rotatable bonds is 5. The molecule has 2 rings (SSSR count). The first kappa shape index (κ1) is 15.6. The second-order valence-electron chi connectivity index (χ2n) is 4.96. The highest BCUT2D eigenvalue weighted by Gasteiger charge is 2.25. The summed E-state index contributed by atoms with van der Waals surface area (Å²) >= 11 is 0. The lowest BCUT2D eigenvalue weighted by Gasteiger charge is -2.28. The van der Waals surface area contributed by atoms with Crippen molar-refractivity contribution < 1.29 is 24.1 Å². The molecule has 6 nitrogen and oxygen atoms in total. The van der Waals surface area contributed by atoms with Crippen LogP contribution in [0.1, 0.15) is 12.0 Å². The summed E-state index contributed by atoms with van der Waals surface area (Å²) in [4.78, 5) is 12.1. The van der Waals surface area contributed by atoms with Gasteiger partial charge in [-0.05, 0) is 12.5 Å². The average molecular weight is 295 g/mol. The number of benzene rings is 1. The molecule has 1 saturated heterocycles. The number of nitrogens with one attached hydrogen (secondary N) is 1. The number of aliphatic hydroxyl groups is 1. The molecular formula is C15H21NO5. The molecule has 0 bridgehead atoms. The van der Waals surface area contributed by atoms with Crippen LogP contribution in [0.3, 0.4) is 0 Å². The molecule has 1 fully saturated rings. The molecule has 6 heteroatoms. The number of methoxy groups -OCH3 is 2. The molecule has 21 heavy (non-hydrogen) atoms. The summed E-state index contributed by atoms with van der Waals surface area (Å²) in [6.45, 7) is 0.810. The second kappa shape index (κ2) is 7.28. The molecule has 1 aromatic carbocycles. The van der Waals surface area contributed by atoms with Gasteiger partial charge in [0, 0.05) is 18.2 Å². The third-order valence-electron chi connectivity index (χ3n) is 3.52. The van der Waals surface area contributed by atoms with E-state index in [1.54, 1.807) is 32.4 Å². The van der Waals surface area contributed by atoms with Gasteiger partial charge >= 0.3 is 0 Å². The Bertz CT molecular complexity index is 491. The van der Waals surface area contributed by atoms with Crippen molar-refractivity contribution in [1.82, 2.24) is 5.32 Å².